The fraction of sp³-hybridized carbons (Fsp3) is 0. The second-order valence-corrected chi connectivity index (χ2v) is 2.89. The highest BCUT2D eigenvalue weighted by Gasteiger charge is 2.20. The molecule has 0 bridgehead atoms. The van der Waals surface area contributed by atoms with Crippen LogP contribution in [0.5, 0.6) is 0 Å². The minimum absolute atomic E-state index is 0.0460. The van der Waals surface area contributed by atoms with Crippen LogP contribution < -0.4 is 0 Å². The van der Waals surface area contributed by atoms with Crippen molar-refractivity contribution in [1.82, 2.24) is 0 Å². The van der Waals surface area contributed by atoms with Crippen LogP contribution in [0.4, 0.5) is 28.6 Å². The Bertz CT molecular complexity index is 456. The lowest BCUT2D eigenvalue weighted by molar-refractivity contribution is -0.384. The topological polar surface area (TPSA) is 71.3 Å². The van der Waals surface area contributed by atoms with E-state index in [2.05, 4.69) is 4.98 Å². The first-order chi connectivity index (χ1) is 7.65. The van der Waals surface area contributed by atoms with E-state index in [9.17, 15) is 27.4 Å². The van der Waals surface area contributed by atoms with Gasteiger partial charge in [-0.1, -0.05) is 11.6 Å². The molecule has 0 aromatic heterocycles. The lowest BCUT2D eigenvalue weighted by Gasteiger charge is -1.94. The van der Waals surface area contributed by atoms with E-state index >= 15 is 0 Å². The minimum atomic E-state index is -6.00. The van der Waals surface area contributed by atoms with Crippen molar-refractivity contribution < 1.29 is 22.2 Å². The summed E-state index contributed by atoms with van der Waals surface area (Å²) < 4.78 is 39.0. The van der Waals surface area contributed by atoms with E-state index in [1.807, 2.05) is 0 Å². The predicted molar refractivity (Wildman–Crippen MR) is 53.0 cm³/mol. The van der Waals surface area contributed by atoms with Crippen molar-refractivity contribution in [3.05, 3.63) is 38.3 Å². The number of nitro benzene ring substituents is 1. The van der Waals surface area contributed by atoms with Gasteiger partial charge in [0.15, 0.2) is 4.98 Å². The van der Waals surface area contributed by atoms with E-state index in [1.165, 1.54) is 18.2 Å². The maximum Gasteiger partial charge on any atom is 0.673 e. The molecule has 1 aromatic rings. The quantitative estimate of drug-likeness (QED) is 0.254. The first-order valence-corrected chi connectivity index (χ1v) is 4.19. The van der Waals surface area contributed by atoms with Gasteiger partial charge in [-0.2, -0.15) is 0 Å². The molecule has 0 aliphatic carbocycles. The maximum absolute atomic E-state index is 10.2. The van der Waals surface area contributed by atoms with Crippen molar-refractivity contribution in [3.8, 4) is 0 Å². The lowest BCUT2D eigenvalue weighted by Crippen LogP contribution is -2.02. The third-order valence-corrected chi connectivity index (χ3v) is 1.55. The predicted octanol–water partition coefficient (Wildman–Crippen LogP) is 4.03. The van der Waals surface area contributed by atoms with Crippen molar-refractivity contribution in [1.29, 1.82) is 5.39 Å². The van der Waals surface area contributed by atoms with Gasteiger partial charge in [0, 0.05) is 12.1 Å². The first kappa shape index (κ1) is 15.1. The molecule has 1 aromatic carbocycles. The molecule has 0 radical (unpaired) electrons. The van der Waals surface area contributed by atoms with Crippen molar-refractivity contribution in [2.45, 2.75) is 0 Å². The van der Waals surface area contributed by atoms with Crippen LogP contribution in [0.25, 0.3) is 4.98 Å². The molecule has 17 heavy (non-hydrogen) atoms. The van der Waals surface area contributed by atoms with Crippen LogP contribution in [0.2, 0.25) is 5.02 Å². The van der Waals surface area contributed by atoms with Crippen LogP contribution in [0.1, 0.15) is 0 Å². The maximum atomic E-state index is 10.2. The van der Waals surface area contributed by atoms with E-state index in [0.717, 1.165) is 0 Å². The molecule has 0 aliphatic heterocycles. The molecular formula is C6H3BClF4N3O2. The molecule has 0 amide bonds. The van der Waals surface area contributed by atoms with E-state index < -0.39 is 12.2 Å². The highest BCUT2D eigenvalue weighted by atomic mass is 35.5. The minimum Gasteiger partial charge on any atom is -0.418 e. The molecule has 92 valence electrons. The van der Waals surface area contributed by atoms with Gasteiger partial charge in [0.05, 0.1) is 11.0 Å². The molecule has 0 fully saturated rings. The molecule has 0 unspecified atom stereocenters. The highest BCUT2D eigenvalue weighted by Crippen LogP contribution is 2.28. The standard InChI is InChI=1S/C6H3ClN3O2.BF4/c7-5-3-4(9-8)1-2-6(5)10(11)12;2-1(3,4)5/h1-3H;/q+1;-1. The Morgan fingerprint density at radius 3 is 2.12 bits per heavy atom. The van der Waals surface area contributed by atoms with Crippen LogP contribution in [-0.2, 0) is 0 Å². The number of diazo groups is 1. The van der Waals surface area contributed by atoms with Gasteiger partial charge in [0.25, 0.3) is 5.69 Å². The Hall–Kier alpha value is -1.89. The molecule has 0 spiro atoms. The Balaban J connectivity index is 0.000000437. The molecule has 11 heteroatoms. The Kier molecular flexibility index (Phi) is 5.33. The molecule has 0 N–H and O–H groups in total. The van der Waals surface area contributed by atoms with Crippen LogP contribution in [-0.4, -0.2) is 12.2 Å². The Morgan fingerprint density at radius 2 is 1.82 bits per heavy atom. The van der Waals surface area contributed by atoms with Gasteiger partial charge in [0.1, 0.15) is 5.02 Å². The summed E-state index contributed by atoms with van der Waals surface area (Å²) in [5.41, 5.74) is -0.0188. The fourth-order valence-electron chi connectivity index (χ4n) is 0.706. The van der Waals surface area contributed by atoms with Crippen LogP contribution in [0.15, 0.2) is 18.2 Å². The SMILES string of the molecule is F[B-](F)(F)F.N#[N+]c1ccc([N+](=O)[O-])c(Cl)c1. The third kappa shape index (κ3) is 7.07. The zero-order valence-corrected chi connectivity index (χ0v) is 8.61. The number of benzene rings is 1. The summed E-state index contributed by atoms with van der Waals surface area (Å²) in [7, 11) is -6.00. The smallest absolute Gasteiger partial charge is 0.418 e. The normalized spacial score (nSPS) is 9.88. The zero-order chi connectivity index (χ0) is 13.6. The molecule has 1 rings (SSSR count). The van der Waals surface area contributed by atoms with Crippen molar-refractivity contribution in [3.63, 3.8) is 0 Å². The number of rotatable bonds is 1. The van der Waals surface area contributed by atoms with E-state index in [4.69, 9.17) is 17.0 Å². The van der Waals surface area contributed by atoms with Gasteiger partial charge in [-0.25, -0.2) is 0 Å². The third-order valence-electron chi connectivity index (χ3n) is 1.24. The number of halogens is 5. The molecule has 0 atom stereocenters. The van der Waals surface area contributed by atoms with E-state index in [0.29, 0.717) is 0 Å². The average Bonchev–Trinajstić information content (AvgIpc) is 2.14. The lowest BCUT2D eigenvalue weighted by atomic mass is 10.3. The summed E-state index contributed by atoms with van der Waals surface area (Å²) in [6, 6.07) is 3.68. The number of nitro groups is 1. The molecule has 0 aliphatic rings. The average molecular weight is 271 g/mol. The number of nitrogens with zero attached hydrogens (tertiary/aromatic N) is 3. The Morgan fingerprint density at radius 1 is 1.35 bits per heavy atom. The van der Waals surface area contributed by atoms with Gasteiger partial charge in [-0.15, -0.1) is 0 Å². The van der Waals surface area contributed by atoms with Crippen LogP contribution in [0, 0.1) is 15.5 Å². The summed E-state index contributed by atoms with van der Waals surface area (Å²) in [5.74, 6) is 0. The molecular weight excluding hydrogens is 268 g/mol. The highest BCUT2D eigenvalue weighted by molar-refractivity contribution is 6.50. The van der Waals surface area contributed by atoms with Gasteiger partial charge < -0.3 is 17.3 Å². The van der Waals surface area contributed by atoms with E-state index in [1.54, 1.807) is 0 Å². The Labute approximate surface area is 96.9 Å². The summed E-state index contributed by atoms with van der Waals surface area (Å²) in [6.07, 6.45) is 0. The number of hydrogen-bond acceptors (Lipinski definition) is 3. The fourth-order valence-corrected chi connectivity index (χ4v) is 0.950. The number of hydrogen-bond donors (Lipinski definition) is 0. The van der Waals surface area contributed by atoms with Gasteiger partial charge >= 0.3 is 12.9 Å². The van der Waals surface area contributed by atoms with E-state index in [-0.39, 0.29) is 16.4 Å². The summed E-state index contributed by atoms with van der Waals surface area (Å²) in [5, 5.41) is 18.5. The molecule has 0 saturated carbocycles. The van der Waals surface area contributed by atoms with Crippen LogP contribution >= 0.6 is 11.6 Å². The summed E-state index contributed by atoms with van der Waals surface area (Å²) in [4.78, 5) is 12.5. The first-order valence-electron chi connectivity index (χ1n) is 3.81. The van der Waals surface area contributed by atoms with Crippen molar-refractivity contribution in [2.75, 3.05) is 0 Å². The van der Waals surface area contributed by atoms with Gasteiger partial charge in [-0.3, -0.25) is 10.1 Å². The van der Waals surface area contributed by atoms with Gasteiger partial charge in [0.2, 0.25) is 5.39 Å². The molecule has 0 saturated heterocycles. The second-order valence-electron chi connectivity index (χ2n) is 2.49. The monoisotopic (exact) mass is 271 g/mol. The van der Waals surface area contributed by atoms with Gasteiger partial charge in [-0.05, 0) is 0 Å². The van der Waals surface area contributed by atoms with Crippen molar-refractivity contribution >= 4 is 30.2 Å². The summed E-state index contributed by atoms with van der Waals surface area (Å²) >= 11 is 5.49. The molecule has 5 nitrogen and oxygen atoms in total. The van der Waals surface area contributed by atoms with Crippen LogP contribution in [0.3, 0.4) is 0 Å². The zero-order valence-electron chi connectivity index (χ0n) is 7.86. The summed E-state index contributed by atoms with van der Waals surface area (Å²) in [6.45, 7) is 0. The second kappa shape index (κ2) is 6.00. The largest absolute Gasteiger partial charge is 0.673 e. The molecule has 0 heterocycles. The van der Waals surface area contributed by atoms with Crippen molar-refractivity contribution in [2.24, 2.45) is 0 Å².